The van der Waals surface area contributed by atoms with Crippen LogP contribution in [0.25, 0.3) is 11.1 Å². The Balaban J connectivity index is 1.68. The molecule has 1 aliphatic carbocycles. The number of carbonyl (C=O) groups excluding carboxylic acids is 3. The van der Waals surface area contributed by atoms with Crippen LogP contribution in [-0.4, -0.2) is 54.3 Å². The Labute approximate surface area is 197 Å². The van der Waals surface area contributed by atoms with Gasteiger partial charge >= 0.3 is 18.0 Å². The van der Waals surface area contributed by atoms with Gasteiger partial charge in [0, 0.05) is 12.0 Å². The number of amides is 2. The molecule has 2 atom stereocenters. The largest absolute Gasteiger partial charge is 0.481 e. The van der Waals surface area contributed by atoms with Crippen LogP contribution in [0.15, 0.2) is 48.5 Å². The topological polar surface area (TPSA) is 131 Å². The third-order valence-corrected chi connectivity index (χ3v) is 5.65. The molecule has 0 bridgehead atoms. The zero-order chi connectivity index (χ0) is 24.7. The molecule has 2 aromatic carbocycles. The van der Waals surface area contributed by atoms with Gasteiger partial charge in [0.2, 0.25) is 6.04 Å². The molecule has 0 fully saturated rings. The summed E-state index contributed by atoms with van der Waals surface area (Å²) >= 11 is 0. The molecule has 0 heterocycles. The Hall–Kier alpha value is -3.88. The van der Waals surface area contributed by atoms with Crippen molar-refractivity contribution in [1.29, 1.82) is 0 Å². The number of aliphatic carboxylic acids is 1. The van der Waals surface area contributed by atoms with Crippen molar-refractivity contribution in [2.75, 3.05) is 13.2 Å². The van der Waals surface area contributed by atoms with Crippen molar-refractivity contribution in [1.82, 2.24) is 10.6 Å². The van der Waals surface area contributed by atoms with Crippen molar-refractivity contribution < 1.29 is 33.8 Å². The van der Waals surface area contributed by atoms with E-state index >= 15 is 0 Å². The predicted octanol–water partition coefficient (Wildman–Crippen LogP) is 2.83. The molecular formula is C25H28N2O7. The van der Waals surface area contributed by atoms with Crippen molar-refractivity contribution in [3.8, 4) is 11.1 Å². The van der Waals surface area contributed by atoms with Crippen molar-refractivity contribution in [3.63, 3.8) is 0 Å². The molecule has 0 saturated carbocycles. The van der Waals surface area contributed by atoms with E-state index in [-0.39, 0.29) is 25.6 Å². The summed E-state index contributed by atoms with van der Waals surface area (Å²) in [7, 11) is 0. The van der Waals surface area contributed by atoms with Gasteiger partial charge in [-0.3, -0.25) is 14.9 Å². The normalized spacial score (nSPS) is 13.7. The fourth-order valence-corrected chi connectivity index (χ4v) is 4.01. The van der Waals surface area contributed by atoms with Gasteiger partial charge in [-0.15, -0.1) is 0 Å². The Bertz CT molecular complexity index is 1020. The summed E-state index contributed by atoms with van der Waals surface area (Å²) in [6.45, 7) is 3.28. The third kappa shape index (κ3) is 5.72. The molecule has 0 aliphatic heterocycles. The number of alkyl carbamates (subject to hydrolysis) is 1. The van der Waals surface area contributed by atoms with Gasteiger partial charge in [-0.1, -0.05) is 55.5 Å². The first-order chi connectivity index (χ1) is 16.3. The lowest BCUT2D eigenvalue weighted by Gasteiger charge is -2.21. The highest BCUT2D eigenvalue weighted by atomic mass is 16.6. The van der Waals surface area contributed by atoms with Crippen molar-refractivity contribution in [3.05, 3.63) is 59.7 Å². The van der Waals surface area contributed by atoms with Gasteiger partial charge in [0.1, 0.15) is 6.61 Å². The second-order valence-corrected chi connectivity index (χ2v) is 7.87. The molecule has 0 saturated heterocycles. The minimum Gasteiger partial charge on any atom is -0.481 e. The van der Waals surface area contributed by atoms with Gasteiger partial charge in [-0.2, -0.15) is 0 Å². The summed E-state index contributed by atoms with van der Waals surface area (Å²) in [4.78, 5) is 48.5. The van der Waals surface area contributed by atoms with Crippen LogP contribution in [0.1, 0.15) is 43.7 Å². The van der Waals surface area contributed by atoms with Gasteiger partial charge in [0.15, 0.2) is 0 Å². The summed E-state index contributed by atoms with van der Waals surface area (Å²) in [5.74, 6) is -3.10. The summed E-state index contributed by atoms with van der Waals surface area (Å²) in [6, 6.07) is 13.3. The number of hydrogen-bond acceptors (Lipinski definition) is 6. The third-order valence-electron chi connectivity index (χ3n) is 5.65. The highest BCUT2D eigenvalue weighted by molar-refractivity contribution is 6.04. The molecule has 1 aliphatic rings. The molecule has 9 nitrogen and oxygen atoms in total. The Morgan fingerprint density at radius 2 is 1.50 bits per heavy atom. The van der Waals surface area contributed by atoms with Crippen LogP contribution in [-0.2, 0) is 23.9 Å². The van der Waals surface area contributed by atoms with E-state index in [1.165, 1.54) is 0 Å². The smallest absolute Gasteiger partial charge is 0.408 e. The van der Waals surface area contributed by atoms with Gasteiger partial charge in [0.05, 0.1) is 13.0 Å². The van der Waals surface area contributed by atoms with E-state index < -0.39 is 36.0 Å². The van der Waals surface area contributed by atoms with Gasteiger partial charge in [-0.25, -0.2) is 9.59 Å². The van der Waals surface area contributed by atoms with Gasteiger partial charge in [0.25, 0.3) is 5.91 Å². The molecule has 2 aromatic rings. The van der Waals surface area contributed by atoms with E-state index in [4.69, 9.17) is 14.6 Å². The molecule has 3 N–H and O–H groups in total. The number of carboxylic acids is 1. The summed E-state index contributed by atoms with van der Waals surface area (Å²) in [5.41, 5.74) is 4.19. The Morgan fingerprint density at radius 1 is 0.912 bits per heavy atom. The molecule has 9 heteroatoms. The minimum atomic E-state index is -1.67. The van der Waals surface area contributed by atoms with Crippen LogP contribution in [0.4, 0.5) is 4.79 Å². The van der Waals surface area contributed by atoms with E-state index in [0.717, 1.165) is 22.3 Å². The maximum Gasteiger partial charge on any atom is 0.408 e. The molecular weight excluding hydrogens is 440 g/mol. The lowest BCUT2D eigenvalue weighted by Crippen LogP contribution is -2.54. The van der Waals surface area contributed by atoms with Gasteiger partial charge < -0.3 is 19.9 Å². The monoisotopic (exact) mass is 468 g/mol. The zero-order valence-electron chi connectivity index (χ0n) is 19.1. The number of rotatable bonds is 10. The van der Waals surface area contributed by atoms with Crippen LogP contribution in [0.2, 0.25) is 0 Å². The lowest BCUT2D eigenvalue weighted by atomic mass is 9.98. The van der Waals surface area contributed by atoms with Crippen LogP contribution in [0.5, 0.6) is 0 Å². The number of esters is 1. The average molecular weight is 469 g/mol. The summed E-state index contributed by atoms with van der Waals surface area (Å²) in [6.07, 6.45) is -0.942. The number of nitrogens with one attached hydrogen (secondary N) is 2. The predicted molar refractivity (Wildman–Crippen MR) is 123 cm³/mol. The number of hydrogen-bond donors (Lipinski definition) is 3. The summed E-state index contributed by atoms with van der Waals surface area (Å²) < 4.78 is 10.3. The highest BCUT2D eigenvalue weighted by Gasteiger charge is 2.33. The second-order valence-electron chi connectivity index (χ2n) is 7.87. The first kappa shape index (κ1) is 24.8. The second kappa shape index (κ2) is 11.3. The van der Waals surface area contributed by atoms with E-state index in [1.54, 1.807) is 13.8 Å². The Morgan fingerprint density at radius 3 is 2.03 bits per heavy atom. The number of benzene rings is 2. The van der Waals surface area contributed by atoms with E-state index in [9.17, 15) is 19.2 Å². The molecule has 0 radical (unpaired) electrons. The average Bonchev–Trinajstić information content (AvgIpc) is 3.14. The van der Waals surface area contributed by atoms with E-state index in [2.05, 4.69) is 10.6 Å². The fourth-order valence-electron chi connectivity index (χ4n) is 4.01. The van der Waals surface area contributed by atoms with Crippen molar-refractivity contribution in [2.45, 2.75) is 44.7 Å². The number of fused-ring (bicyclic) bond motifs is 3. The number of carboxylic acid groups (broad SMARTS) is 1. The first-order valence-electron chi connectivity index (χ1n) is 11.2. The standard InChI is InChI=1S/C25H28N2O7/c1-3-15(13-21(28)29)26-23(30)22(24(31)33-4-2)27-25(32)34-14-20-18-11-7-5-9-16(18)17-10-6-8-12-19(17)20/h5-12,15,20,22H,3-4,13-14H2,1-2H3,(H,26,30)(H,27,32)(H,28,29)/t15-,22?/m0/s1. The quantitative estimate of drug-likeness (QED) is 0.361. The zero-order valence-corrected chi connectivity index (χ0v) is 19.1. The molecule has 2 amide bonds. The van der Waals surface area contributed by atoms with Crippen LogP contribution in [0.3, 0.4) is 0 Å². The molecule has 1 unspecified atom stereocenters. The molecule has 3 rings (SSSR count). The van der Waals surface area contributed by atoms with Crippen molar-refractivity contribution in [2.24, 2.45) is 0 Å². The SMILES string of the molecule is CCOC(=O)C(NC(=O)OCC1c2ccccc2-c2ccccc21)C(=O)N[C@@H](CC)CC(=O)O. The van der Waals surface area contributed by atoms with Crippen LogP contribution in [0, 0.1) is 0 Å². The Kier molecular flexibility index (Phi) is 8.24. The lowest BCUT2D eigenvalue weighted by molar-refractivity contribution is -0.149. The fraction of sp³-hybridized carbons (Fsp3) is 0.360. The van der Waals surface area contributed by atoms with E-state index in [0.29, 0.717) is 6.42 Å². The van der Waals surface area contributed by atoms with Crippen LogP contribution < -0.4 is 10.6 Å². The molecule has 0 spiro atoms. The first-order valence-corrected chi connectivity index (χ1v) is 11.2. The number of ether oxygens (including phenoxy) is 2. The summed E-state index contributed by atoms with van der Waals surface area (Å²) in [5, 5.41) is 13.7. The maximum absolute atomic E-state index is 12.7. The minimum absolute atomic E-state index is 0.00130. The van der Waals surface area contributed by atoms with Gasteiger partial charge in [-0.05, 0) is 35.6 Å². The molecule has 34 heavy (non-hydrogen) atoms. The highest BCUT2D eigenvalue weighted by Crippen LogP contribution is 2.44. The van der Waals surface area contributed by atoms with Crippen molar-refractivity contribution >= 4 is 23.9 Å². The molecule has 180 valence electrons. The maximum atomic E-state index is 12.7. The molecule has 0 aromatic heterocycles. The number of carbonyl (C=O) groups is 4. The van der Waals surface area contributed by atoms with E-state index in [1.807, 2.05) is 48.5 Å². The van der Waals surface area contributed by atoms with Crippen LogP contribution >= 0.6 is 0 Å².